The number of morpholine rings is 1. The molecule has 5 heteroatoms. The maximum atomic E-state index is 5.89. The van der Waals surface area contributed by atoms with Crippen LogP contribution in [0.15, 0.2) is 0 Å². The number of hydrogen-bond donors (Lipinski definition) is 2. The summed E-state index contributed by atoms with van der Waals surface area (Å²) in [5, 5.41) is 0. The average Bonchev–Trinajstić information content (AvgIpc) is 2.46. The molecule has 0 radical (unpaired) electrons. The van der Waals surface area contributed by atoms with Gasteiger partial charge in [-0.2, -0.15) is 0 Å². The number of hydrazine groups is 1. The van der Waals surface area contributed by atoms with Crippen LogP contribution in [0.25, 0.3) is 0 Å². The number of nitrogens with one attached hydrogen (secondary N) is 1. The van der Waals surface area contributed by atoms with Crippen molar-refractivity contribution < 1.29 is 9.47 Å². The molecular weight excluding hydrogens is 230 g/mol. The molecule has 2 heterocycles. The molecule has 106 valence electrons. The van der Waals surface area contributed by atoms with Gasteiger partial charge in [-0.3, -0.25) is 16.2 Å². The van der Waals surface area contributed by atoms with Gasteiger partial charge in [0.25, 0.3) is 0 Å². The van der Waals surface area contributed by atoms with Crippen LogP contribution >= 0.6 is 0 Å². The molecule has 2 atom stereocenters. The molecule has 2 saturated heterocycles. The second-order valence-electron chi connectivity index (χ2n) is 5.37. The Morgan fingerprint density at radius 3 is 2.78 bits per heavy atom. The maximum Gasteiger partial charge on any atom is 0.0868 e. The van der Waals surface area contributed by atoms with E-state index in [0.717, 1.165) is 64.6 Å². The van der Waals surface area contributed by atoms with Crippen LogP contribution in [0, 0.1) is 5.92 Å². The fourth-order valence-corrected chi connectivity index (χ4v) is 2.93. The molecule has 2 rings (SSSR count). The quantitative estimate of drug-likeness (QED) is 0.550. The zero-order valence-electron chi connectivity index (χ0n) is 11.4. The van der Waals surface area contributed by atoms with E-state index in [0.29, 0.717) is 0 Å². The fourth-order valence-electron chi connectivity index (χ4n) is 2.93. The average molecular weight is 257 g/mol. The summed E-state index contributed by atoms with van der Waals surface area (Å²) in [7, 11) is 0. The summed E-state index contributed by atoms with van der Waals surface area (Å²) >= 11 is 0. The zero-order chi connectivity index (χ0) is 12.8. The number of nitrogens with two attached hydrogens (primary N) is 1. The molecule has 2 aliphatic rings. The smallest absolute Gasteiger partial charge is 0.0868 e. The van der Waals surface area contributed by atoms with Crippen molar-refractivity contribution in [1.29, 1.82) is 0 Å². The Kier molecular flexibility index (Phi) is 5.85. The van der Waals surface area contributed by atoms with Crippen molar-refractivity contribution in [3.63, 3.8) is 0 Å². The van der Waals surface area contributed by atoms with Gasteiger partial charge in [-0.25, -0.2) is 0 Å². The summed E-state index contributed by atoms with van der Waals surface area (Å²) in [4.78, 5) is 2.43. The van der Waals surface area contributed by atoms with E-state index in [2.05, 4.69) is 17.2 Å². The summed E-state index contributed by atoms with van der Waals surface area (Å²) in [5.74, 6) is 6.45. The van der Waals surface area contributed by atoms with Gasteiger partial charge in [-0.05, 0) is 31.7 Å². The lowest BCUT2D eigenvalue weighted by Gasteiger charge is -2.37. The largest absolute Gasteiger partial charge is 0.381 e. The van der Waals surface area contributed by atoms with Crippen molar-refractivity contribution in [1.82, 2.24) is 10.3 Å². The van der Waals surface area contributed by atoms with Crippen LogP contribution in [-0.2, 0) is 9.47 Å². The molecule has 0 aromatic heterocycles. The van der Waals surface area contributed by atoms with Gasteiger partial charge in [0, 0.05) is 32.3 Å². The number of rotatable bonds is 5. The summed E-state index contributed by atoms with van der Waals surface area (Å²) < 4.78 is 11.3. The Morgan fingerprint density at radius 1 is 1.33 bits per heavy atom. The van der Waals surface area contributed by atoms with Crippen LogP contribution in [0.1, 0.15) is 26.2 Å². The highest BCUT2D eigenvalue weighted by atomic mass is 16.5. The number of likely N-dealkylation sites (N-methyl/N-ethyl adjacent to an activating group) is 1. The molecule has 18 heavy (non-hydrogen) atoms. The van der Waals surface area contributed by atoms with E-state index in [1.54, 1.807) is 0 Å². The summed E-state index contributed by atoms with van der Waals surface area (Å²) in [6.45, 7) is 7.95. The predicted octanol–water partition coefficient (Wildman–Crippen LogP) is 0.356. The summed E-state index contributed by atoms with van der Waals surface area (Å²) in [6.07, 6.45) is 3.64. The highest BCUT2D eigenvalue weighted by Gasteiger charge is 2.29. The third kappa shape index (κ3) is 3.90. The first-order valence-electron chi connectivity index (χ1n) is 7.21. The molecule has 5 nitrogen and oxygen atoms in total. The molecule has 0 bridgehead atoms. The minimum atomic E-state index is 0.228. The Morgan fingerprint density at radius 2 is 2.11 bits per heavy atom. The van der Waals surface area contributed by atoms with Crippen LogP contribution in [0.5, 0.6) is 0 Å². The van der Waals surface area contributed by atoms with E-state index in [9.17, 15) is 0 Å². The Hall–Kier alpha value is -0.200. The van der Waals surface area contributed by atoms with Crippen molar-refractivity contribution in [3.8, 4) is 0 Å². The number of nitrogens with zero attached hydrogens (tertiary/aromatic N) is 1. The molecule has 2 fully saturated rings. The molecule has 2 unspecified atom stereocenters. The van der Waals surface area contributed by atoms with Gasteiger partial charge in [0.05, 0.1) is 12.7 Å². The van der Waals surface area contributed by atoms with E-state index in [-0.39, 0.29) is 12.1 Å². The van der Waals surface area contributed by atoms with Gasteiger partial charge in [0.15, 0.2) is 0 Å². The molecule has 0 aliphatic carbocycles. The second-order valence-corrected chi connectivity index (χ2v) is 5.37. The maximum absolute atomic E-state index is 5.89. The molecule has 3 N–H and O–H groups in total. The number of hydrogen-bond acceptors (Lipinski definition) is 5. The van der Waals surface area contributed by atoms with E-state index in [4.69, 9.17) is 15.3 Å². The first kappa shape index (κ1) is 14.2. The first-order chi connectivity index (χ1) is 8.83. The molecule has 0 aromatic rings. The van der Waals surface area contributed by atoms with Crippen molar-refractivity contribution in [2.24, 2.45) is 11.8 Å². The Labute approximate surface area is 110 Å². The fraction of sp³-hybridized carbons (Fsp3) is 1.00. The molecule has 0 aromatic carbocycles. The van der Waals surface area contributed by atoms with Crippen LogP contribution in [0.4, 0.5) is 0 Å². The lowest BCUT2D eigenvalue weighted by molar-refractivity contribution is -0.0517. The molecule has 0 saturated carbocycles. The highest BCUT2D eigenvalue weighted by molar-refractivity contribution is 4.84. The second kappa shape index (κ2) is 7.40. The van der Waals surface area contributed by atoms with Gasteiger partial charge < -0.3 is 9.47 Å². The topological polar surface area (TPSA) is 59.8 Å². The van der Waals surface area contributed by atoms with Gasteiger partial charge in [-0.15, -0.1) is 0 Å². The normalized spacial score (nSPS) is 29.3. The van der Waals surface area contributed by atoms with Crippen LogP contribution < -0.4 is 11.3 Å². The number of ether oxygens (including phenoxy) is 2. The Balaban J connectivity index is 1.82. The molecule has 2 aliphatic heterocycles. The molecule has 0 amide bonds. The minimum absolute atomic E-state index is 0.228. The third-order valence-corrected chi connectivity index (χ3v) is 4.22. The van der Waals surface area contributed by atoms with Gasteiger partial charge in [0.1, 0.15) is 0 Å². The van der Waals surface area contributed by atoms with E-state index in [1.165, 1.54) is 0 Å². The zero-order valence-corrected chi connectivity index (χ0v) is 11.4. The predicted molar refractivity (Wildman–Crippen MR) is 71.1 cm³/mol. The lowest BCUT2D eigenvalue weighted by Crippen LogP contribution is -2.54. The van der Waals surface area contributed by atoms with Crippen LogP contribution in [0.3, 0.4) is 0 Å². The summed E-state index contributed by atoms with van der Waals surface area (Å²) in [5.41, 5.74) is 2.97. The third-order valence-electron chi connectivity index (χ3n) is 4.22. The van der Waals surface area contributed by atoms with Gasteiger partial charge in [-0.1, -0.05) is 6.92 Å². The first-order valence-corrected chi connectivity index (χ1v) is 7.21. The SMILES string of the molecule is CCN1CCOC(C(CC2CCOCC2)NN)C1. The van der Waals surface area contributed by atoms with Crippen molar-refractivity contribution in [2.75, 3.05) is 39.5 Å². The molecule has 0 spiro atoms. The van der Waals surface area contributed by atoms with E-state index >= 15 is 0 Å². The molecular formula is C13H27N3O2. The minimum Gasteiger partial charge on any atom is -0.381 e. The Bertz CT molecular complexity index is 234. The standard InChI is InChI=1S/C13H27N3O2/c1-2-16-5-8-18-13(10-16)12(15-14)9-11-3-6-17-7-4-11/h11-13,15H,2-10,14H2,1H3. The highest BCUT2D eigenvalue weighted by Crippen LogP contribution is 2.23. The van der Waals surface area contributed by atoms with Crippen molar-refractivity contribution in [2.45, 2.75) is 38.3 Å². The summed E-state index contributed by atoms with van der Waals surface area (Å²) in [6, 6.07) is 0.266. The van der Waals surface area contributed by atoms with Gasteiger partial charge >= 0.3 is 0 Å². The van der Waals surface area contributed by atoms with Crippen molar-refractivity contribution >= 4 is 0 Å². The van der Waals surface area contributed by atoms with Crippen LogP contribution in [-0.4, -0.2) is 56.5 Å². The van der Waals surface area contributed by atoms with Gasteiger partial charge in [0.2, 0.25) is 0 Å². The lowest BCUT2D eigenvalue weighted by atomic mass is 9.90. The monoisotopic (exact) mass is 257 g/mol. The van der Waals surface area contributed by atoms with Crippen LogP contribution in [0.2, 0.25) is 0 Å². The van der Waals surface area contributed by atoms with E-state index < -0.39 is 0 Å². The van der Waals surface area contributed by atoms with Crippen molar-refractivity contribution in [3.05, 3.63) is 0 Å². The van der Waals surface area contributed by atoms with E-state index in [1.807, 2.05) is 0 Å².